The molecule has 3 nitrogen and oxygen atoms in total. The second kappa shape index (κ2) is 4.55. The molecule has 0 radical (unpaired) electrons. The Hall–Kier alpha value is -0.900. The first-order valence-electron chi connectivity index (χ1n) is 4.38. The Morgan fingerprint density at radius 3 is 2.71 bits per heavy atom. The number of benzene rings is 1. The first kappa shape index (κ1) is 11.2. The van der Waals surface area contributed by atoms with Crippen LogP contribution in [0.2, 0.25) is 0 Å². The first-order valence-corrected chi connectivity index (χ1v) is 5.30. The first-order chi connectivity index (χ1) is 6.50. The van der Waals surface area contributed by atoms with E-state index in [9.17, 15) is 10.1 Å². The van der Waals surface area contributed by atoms with Crippen LogP contribution in [-0.2, 0) is 6.42 Å². The van der Waals surface area contributed by atoms with E-state index in [4.69, 9.17) is 0 Å². The second-order valence-corrected chi connectivity index (χ2v) is 4.94. The van der Waals surface area contributed by atoms with Gasteiger partial charge in [-0.2, -0.15) is 0 Å². The van der Waals surface area contributed by atoms with Gasteiger partial charge in [-0.25, -0.2) is 0 Å². The predicted molar refractivity (Wildman–Crippen MR) is 59.9 cm³/mol. The topological polar surface area (TPSA) is 43.1 Å². The van der Waals surface area contributed by atoms with E-state index in [0.29, 0.717) is 6.42 Å². The third kappa shape index (κ3) is 2.80. The van der Waals surface area contributed by atoms with E-state index in [-0.39, 0.29) is 15.4 Å². The van der Waals surface area contributed by atoms with Crippen molar-refractivity contribution < 1.29 is 4.92 Å². The van der Waals surface area contributed by atoms with E-state index in [1.807, 2.05) is 19.9 Å². The van der Waals surface area contributed by atoms with E-state index < -0.39 is 0 Å². The van der Waals surface area contributed by atoms with Crippen LogP contribution >= 0.6 is 15.9 Å². The molecule has 0 aliphatic carbocycles. The summed E-state index contributed by atoms with van der Waals surface area (Å²) >= 11 is 3.40. The summed E-state index contributed by atoms with van der Waals surface area (Å²) in [5, 5.41) is 10.7. The predicted octanol–water partition coefficient (Wildman–Crippen LogP) is 3.23. The lowest BCUT2D eigenvalue weighted by Crippen LogP contribution is -2.01. The van der Waals surface area contributed by atoms with Gasteiger partial charge in [0.2, 0.25) is 0 Å². The third-order valence-corrected chi connectivity index (χ3v) is 2.26. The van der Waals surface area contributed by atoms with Crippen molar-refractivity contribution in [1.29, 1.82) is 0 Å². The molecule has 0 N–H and O–H groups in total. The zero-order valence-corrected chi connectivity index (χ0v) is 9.74. The molecule has 1 atom stereocenters. The van der Waals surface area contributed by atoms with Crippen molar-refractivity contribution in [2.75, 3.05) is 0 Å². The van der Waals surface area contributed by atoms with E-state index in [1.165, 1.54) is 0 Å². The zero-order valence-electron chi connectivity index (χ0n) is 8.16. The van der Waals surface area contributed by atoms with Crippen molar-refractivity contribution in [1.82, 2.24) is 0 Å². The molecule has 1 rings (SSSR count). The van der Waals surface area contributed by atoms with Gasteiger partial charge in [0.1, 0.15) is 0 Å². The molecule has 1 aromatic rings. The lowest BCUT2D eigenvalue weighted by atomic mass is 10.1. The van der Waals surface area contributed by atoms with Crippen molar-refractivity contribution in [2.24, 2.45) is 0 Å². The SMILES string of the molecule is Cc1ccc([N+](=O)[O-])c(CC(C)Br)c1. The zero-order chi connectivity index (χ0) is 10.7. The average molecular weight is 258 g/mol. The lowest BCUT2D eigenvalue weighted by Gasteiger charge is -2.05. The van der Waals surface area contributed by atoms with Gasteiger partial charge in [-0.3, -0.25) is 10.1 Å². The molecule has 0 fully saturated rings. The fourth-order valence-electron chi connectivity index (χ4n) is 1.36. The van der Waals surface area contributed by atoms with Crippen LogP contribution in [0.15, 0.2) is 18.2 Å². The molecule has 14 heavy (non-hydrogen) atoms. The Balaban J connectivity index is 3.09. The van der Waals surface area contributed by atoms with Crippen molar-refractivity contribution in [3.05, 3.63) is 39.4 Å². The number of alkyl halides is 1. The number of hydrogen-bond acceptors (Lipinski definition) is 2. The van der Waals surface area contributed by atoms with Crippen LogP contribution in [0.5, 0.6) is 0 Å². The highest BCUT2D eigenvalue weighted by Crippen LogP contribution is 2.22. The number of nitro benzene ring substituents is 1. The van der Waals surface area contributed by atoms with Gasteiger partial charge in [0, 0.05) is 16.5 Å². The molecular weight excluding hydrogens is 246 g/mol. The minimum atomic E-state index is -0.329. The number of halogens is 1. The summed E-state index contributed by atoms with van der Waals surface area (Å²) in [6, 6.07) is 5.20. The molecule has 0 heterocycles. The lowest BCUT2D eigenvalue weighted by molar-refractivity contribution is -0.385. The normalized spacial score (nSPS) is 12.5. The fourth-order valence-corrected chi connectivity index (χ4v) is 1.71. The second-order valence-electron chi connectivity index (χ2n) is 3.37. The van der Waals surface area contributed by atoms with Gasteiger partial charge >= 0.3 is 0 Å². The molecule has 0 bridgehead atoms. The van der Waals surface area contributed by atoms with E-state index in [2.05, 4.69) is 15.9 Å². The van der Waals surface area contributed by atoms with Crippen LogP contribution in [0.1, 0.15) is 18.1 Å². The molecule has 4 heteroatoms. The quantitative estimate of drug-likeness (QED) is 0.474. The van der Waals surface area contributed by atoms with Gasteiger partial charge in [0.05, 0.1) is 4.92 Å². The summed E-state index contributed by atoms with van der Waals surface area (Å²) in [5.74, 6) is 0. The van der Waals surface area contributed by atoms with Crippen molar-refractivity contribution >= 4 is 21.6 Å². The monoisotopic (exact) mass is 257 g/mol. The molecule has 76 valence electrons. The molecule has 0 saturated carbocycles. The number of aryl methyl sites for hydroxylation is 1. The van der Waals surface area contributed by atoms with Crippen molar-refractivity contribution in [3.63, 3.8) is 0 Å². The highest BCUT2D eigenvalue weighted by Gasteiger charge is 2.14. The summed E-state index contributed by atoms with van der Waals surface area (Å²) in [6.45, 7) is 3.91. The van der Waals surface area contributed by atoms with Gasteiger partial charge in [0.25, 0.3) is 5.69 Å². The summed E-state index contributed by atoms with van der Waals surface area (Å²) in [5.41, 5.74) is 2.06. The molecule has 0 saturated heterocycles. The van der Waals surface area contributed by atoms with Gasteiger partial charge in [0.15, 0.2) is 0 Å². The number of nitrogens with zero attached hydrogens (tertiary/aromatic N) is 1. The van der Waals surface area contributed by atoms with Gasteiger partial charge in [-0.15, -0.1) is 0 Å². The summed E-state index contributed by atoms with van der Waals surface area (Å²) in [6.07, 6.45) is 0.679. The molecule has 0 aromatic heterocycles. The summed E-state index contributed by atoms with van der Waals surface area (Å²) < 4.78 is 0. The fraction of sp³-hybridized carbons (Fsp3) is 0.400. The highest BCUT2D eigenvalue weighted by molar-refractivity contribution is 9.09. The smallest absolute Gasteiger partial charge is 0.258 e. The van der Waals surface area contributed by atoms with Gasteiger partial charge in [-0.1, -0.05) is 34.5 Å². The highest BCUT2D eigenvalue weighted by atomic mass is 79.9. The van der Waals surface area contributed by atoms with E-state index in [1.54, 1.807) is 12.1 Å². The van der Waals surface area contributed by atoms with Crippen molar-refractivity contribution in [3.8, 4) is 0 Å². The Bertz CT molecular complexity index is 350. The maximum atomic E-state index is 10.7. The van der Waals surface area contributed by atoms with Gasteiger partial charge in [-0.05, 0) is 19.4 Å². The Morgan fingerprint density at radius 2 is 2.21 bits per heavy atom. The largest absolute Gasteiger partial charge is 0.272 e. The van der Waals surface area contributed by atoms with Crippen LogP contribution in [0.25, 0.3) is 0 Å². The minimum absolute atomic E-state index is 0.210. The van der Waals surface area contributed by atoms with Crippen LogP contribution in [0.4, 0.5) is 5.69 Å². The molecule has 0 aliphatic heterocycles. The number of nitro groups is 1. The maximum Gasteiger partial charge on any atom is 0.272 e. The third-order valence-electron chi connectivity index (χ3n) is 1.93. The molecule has 0 spiro atoms. The molecular formula is C10H12BrNO2. The molecule has 0 aliphatic rings. The van der Waals surface area contributed by atoms with Crippen LogP contribution in [-0.4, -0.2) is 9.75 Å². The minimum Gasteiger partial charge on any atom is -0.258 e. The summed E-state index contributed by atoms with van der Waals surface area (Å²) in [7, 11) is 0. The number of rotatable bonds is 3. The van der Waals surface area contributed by atoms with E-state index in [0.717, 1.165) is 11.1 Å². The van der Waals surface area contributed by atoms with Gasteiger partial charge < -0.3 is 0 Å². The van der Waals surface area contributed by atoms with Crippen molar-refractivity contribution in [2.45, 2.75) is 25.1 Å². The Morgan fingerprint density at radius 1 is 1.57 bits per heavy atom. The average Bonchev–Trinajstić information content (AvgIpc) is 2.01. The summed E-state index contributed by atoms with van der Waals surface area (Å²) in [4.78, 5) is 10.6. The maximum absolute atomic E-state index is 10.7. The van der Waals surface area contributed by atoms with Crippen LogP contribution in [0, 0.1) is 17.0 Å². The standard InChI is InChI=1S/C10H12BrNO2/c1-7-3-4-10(12(13)14)9(5-7)6-8(2)11/h3-5,8H,6H2,1-2H3. The Labute approximate surface area is 91.4 Å². The molecule has 1 aromatic carbocycles. The molecule has 0 amide bonds. The van der Waals surface area contributed by atoms with E-state index >= 15 is 0 Å². The van der Waals surface area contributed by atoms with Crippen LogP contribution < -0.4 is 0 Å². The molecule has 1 unspecified atom stereocenters. The number of hydrogen-bond donors (Lipinski definition) is 0. The van der Waals surface area contributed by atoms with Crippen LogP contribution in [0.3, 0.4) is 0 Å². The Kier molecular flexibility index (Phi) is 3.63.